The van der Waals surface area contributed by atoms with Crippen LogP contribution in [0.25, 0.3) is 0 Å². The summed E-state index contributed by atoms with van der Waals surface area (Å²) in [5, 5.41) is 3.37. The highest BCUT2D eigenvalue weighted by Gasteiger charge is 2.03. The smallest absolute Gasteiger partial charge is 0.0324 e. The summed E-state index contributed by atoms with van der Waals surface area (Å²) in [6.07, 6.45) is 3.46. The van der Waals surface area contributed by atoms with Crippen molar-refractivity contribution in [3.05, 3.63) is 21.9 Å². The highest BCUT2D eigenvalue weighted by Crippen LogP contribution is 2.17. The van der Waals surface area contributed by atoms with Crippen LogP contribution in [0.3, 0.4) is 0 Å². The first-order valence-corrected chi connectivity index (χ1v) is 8.43. The summed E-state index contributed by atoms with van der Waals surface area (Å²) in [5.74, 6) is 1.26. The van der Waals surface area contributed by atoms with Crippen LogP contribution in [0.4, 0.5) is 0 Å². The van der Waals surface area contributed by atoms with Crippen LogP contribution in [0.15, 0.2) is 12.1 Å². The molecule has 1 aromatic heterocycles. The van der Waals surface area contributed by atoms with Crippen LogP contribution in [0.2, 0.25) is 0 Å². The van der Waals surface area contributed by atoms with Gasteiger partial charge in [0.1, 0.15) is 0 Å². The van der Waals surface area contributed by atoms with Crippen molar-refractivity contribution < 1.29 is 0 Å². The van der Waals surface area contributed by atoms with Gasteiger partial charge in [0.2, 0.25) is 0 Å². The van der Waals surface area contributed by atoms with Gasteiger partial charge in [0, 0.05) is 22.8 Å². The van der Waals surface area contributed by atoms with Crippen molar-refractivity contribution in [2.75, 3.05) is 32.1 Å². The number of thiophene rings is 1. The molecule has 0 saturated carbocycles. The van der Waals surface area contributed by atoms with Crippen LogP contribution in [0.1, 0.15) is 23.1 Å². The summed E-state index contributed by atoms with van der Waals surface area (Å²) in [6.45, 7) is 6.49. The zero-order valence-electron chi connectivity index (χ0n) is 11.2. The molecule has 0 unspecified atom stereocenters. The number of hydrogen-bond acceptors (Lipinski definition) is 4. The van der Waals surface area contributed by atoms with Crippen LogP contribution in [0, 0.1) is 0 Å². The molecule has 17 heavy (non-hydrogen) atoms. The van der Waals surface area contributed by atoms with Crippen molar-refractivity contribution in [1.82, 2.24) is 10.2 Å². The molecule has 0 aliphatic heterocycles. The van der Waals surface area contributed by atoms with Gasteiger partial charge in [0.25, 0.3) is 0 Å². The average Bonchev–Trinajstić information content (AvgIpc) is 2.74. The lowest BCUT2D eigenvalue weighted by atomic mass is 10.3. The lowest BCUT2D eigenvalue weighted by molar-refractivity contribution is 0.331. The normalized spacial score (nSPS) is 11.3. The number of rotatable bonds is 9. The van der Waals surface area contributed by atoms with E-state index in [0.717, 1.165) is 19.6 Å². The van der Waals surface area contributed by atoms with Gasteiger partial charge in [-0.15, -0.1) is 11.3 Å². The van der Waals surface area contributed by atoms with Gasteiger partial charge in [-0.3, -0.25) is 0 Å². The molecule has 4 heteroatoms. The van der Waals surface area contributed by atoms with Crippen molar-refractivity contribution in [2.45, 2.75) is 26.4 Å². The van der Waals surface area contributed by atoms with Crippen LogP contribution in [0.5, 0.6) is 0 Å². The predicted octanol–water partition coefficient (Wildman–Crippen LogP) is 3.04. The first-order valence-electron chi connectivity index (χ1n) is 6.22. The van der Waals surface area contributed by atoms with Gasteiger partial charge in [-0.25, -0.2) is 0 Å². The fourth-order valence-corrected chi connectivity index (χ4v) is 3.16. The molecule has 1 heterocycles. The summed E-state index contributed by atoms with van der Waals surface area (Å²) < 4.78 is 0. The number of nitrogens with one attached hydrogen (secondary N) is 1. The third kappa shape index (κ3) is 6.46. The minimum Gasteiger partial charge on any atom is -0.312 e. The molecule has 2 nitrogen and oxygen atoms in total. The Morgan fingerprint density at radius 2 is 2.12 bits per heavy atom. The summed E-state index contributed by atoms with van der Waals surface area (Å²) in [5.41, 5.74) is 0. The third-order valence-electron chi connectivity index (χ3n) is 2.58. The van der Waals surface area contributed by atoms with E-state index in [1.165, 1.54) is 28.5 Å². The van der Waals surface area contributed by atoms with E-state index in [2.05, 4.69) is 42.6 Å². The largest absolute Gasteiger partial charge is 0.312 e. The molecule has 0 atom stereocenters. The van der Waals surface area contributed by atoms with E-state index < -0.39 is 0 Å². The average molecular weight is 272 g/mol. The fourth-order valence-electron chi connectivity index (χ4n) is 1.67. The predicted molar refractivity (Wildman–Crippen MR) is 81.0 cm³/mol. The Morgan fingerprint density at radius 3 is 2.82 bits per heavy atom. The van der Waals surface area contributed by atoms with E-state index in [4.69, 9.17) is 0 Å². The molecule has 0 fully saturated rings. The molecular weight excluding hydrogens is 248 g/mol. The van der Waals surface area contributed by atoms with Crippen LogP contribution in [-0.4, -0.2) is 37.0 Å². The monoisotopic (exact) mass is 272 g/mol. The van der Waals surface area contributed by atoms with Gasteiger partial charge in [0.15, 0.2) is 0 Å². The summed E-state index contributed by atoms with van der Waals surface area (Å²) in [6, 6.07) is 4.51. The summed E-state index contributed by atoms with van der Waals surface area (Å²) in [7, 11) is 2.21. The molecule has 0 saturated heterocycles. The van der Waals surface area contributed by atoms with Crippen LogP contribution >= 0.6 is 23.1 Å². The van der Waals surface area contributed by atoms with Gasteiger partial charge in [-0.05, 0) is 50.7 Å². The molecule has 0 bridgehead atoms. The van der Waals surface area contributed by atoms with Crippen molar-refractivity contribution in [1.29, 1.82) is 0 Å². The Morgan fingerprint density at radius 1 is 1.35 bits per heavy atom. The highest BCUT2D eigenvalue weighted by molar-refractivity contribution is 7.98. The highest BCUT2D eigenvalue weighted by atomic mass is 32.2. The molecular formula is C13H24N2S2. The quantitative estimate of drug-likeness (QED) is 0.696. The minimum atomic E-state index is 1.01. The lowest BCUT2D eigenvalue weighted by Crippen LogP contribution is -2.18. The second kappa shape index (κ2) is 8.97. The molecule has 1 rings (SSSR count). The van der Waals surface area contributed by atoms with Gasteiger partial charge in [-0.2, -0.15) is 11.8 Å². The number of nitrogens with zero attached hydrogens (tertiary/aromatic N) is 1. The van der Waals surface area contributed by atoms with E-state index in [9.17, 15) is 0 Å². The van der Waals surface area contributed by atoms with Gasteiger partial charge < -0.3 is 10.2 Å². The third-order valence-corrected chi connectivity index (χ3v) is 4.35. The van der Waals surface area contributed by atoms with Crippen LogP contribution in [-0.2, 0) is 13.1 Å². The van der Waals surface area contributed by atoms with E-state index in [0.29, 0.717) is 0 Å². The standard InChI is InChI=1S/C13H24N2S2/c1-4-14-10-12-6-7-13(17-12)11-15(2)8-5-9-16-3/h6-7,14H,4-5,8-11H2,1-3H3. The minimum absolute atomic E-state index is 1.01. The molecule has 0 radical (unpaired) electrons. The maximum Gasteiger partial charge on any atom is 0.0324 e. The van der Waals surface area contributed by atoms with Crippen LogP contribution < -0.4 is 5.32 Å². The van der Waals surface area contributed by atoms with Crippen molar-refractivity contribution in [2.24, 2.45) is 0 Å². The first kappa shape index (κ1) is 15.0. The Hall–Kier alpha value is -0.0300. The first-order chi connectivity index (χ1) is 8.26. The van der Waals surface area contributed by atoms with Gasteiger partial charge in [-0.1, -0.05) is 6.92 Å². The molecule has 0 aliphatic carbocycles. The summed E-state index contributed by atoms with van der Waals surface area (Å²) in [4.78, 5) is 5.34. The Balaban J connectivity index is 2.27. The number of hydrogen-bond donors (Lipinski definition) is 1. The van der Waals surface area contributed by atoms with E-state index >= 15 is 0 Å². The zero-order chi connectivity index (χ0) is 12.5. The zero-order valence-corrected chi connectivity index (χ0v) is 12.8. The lowest BCUT2D eigenvalue weighted by Gasteiger charge is -2.14. The van der Waals surface area contributed by atoms with Crippen molar-refractivity contribution >= 4 is 23.1 Å². The molecule has 0 aliphatic rings. The topological polar surface area (TPSA) is 15.3 Å². The Labute approximate surface area is 114 Å². The maximum atomic E-state index is 3.37. The van der Waals surface area contributed by atoms with Gasteiger partial charge in [0.05, 0.1) is 0 Å². The Kier molecular flexibility index (Phi) is 7.93. The number of thioether (sulfide) groups is 1. The second-order valence-corrected chi connectivity index (χ2v) is 6.47. The van der Waals surface area contributed by atoms with Crippen molar-refractivity contribution in [3.8, 4) is 0 Å². The SMILES string of the molecule is CCNCc1ccc(CN(C)CCCSC)s1. The fraction of sp³-hybridized carbons (Fsp3) is 0.692. The van der Waals surface area contributed by atoms with E-state index in [1.807, 2.05) is 23.1 Å². The molecule has 1 N–H and O–H groups in total. The Bertz CT molecular complexity index is 299. The van der Waals surface area contributed by atoms with E-state index in [1.54, 1.807) is 0 Å². The molecule has 1 aromatic rings. The molecule has 0 amide bonds. The molecule has 0 aromatic carbocycles. The molecule has 98 valence electrons. The summed E-state index contributed by atoms with van der Waals surface area (Å²) >= 11 is 3.86. The second-order valence-electron chi connectivity index (χ2n) is 4.23. The van der Waals surface area contributed by atoms with Gasteiger partial charge >= 0.3 is 0 Å². The van der Waals surface area contributed by atoms with E-state index in [-0.39, 0.29) is 0 Å². The molecule has 0 spiro atoms. The van der Waals surface area contributed by atoms with Crippen molar-refractivity contribution in [3.63, 3.8) is 0 Å². The maximum absolute atomic E-state index is 3.37.